The van der Waals surface area contributed by atoms with Crippen LogP contribution in [0.25, 0.3) is 10.9 Å². The summed E-state index contributed by atoms with van der Waals surface area (Å²) in [5.41, 5.74) is 4.16. The first-order chi connectivity index (χ1) is 15.1. The van der Waals surface area contributed by atoms with E-state index in [4.69, 9.17) is 4.74 Å². The molecular formula is C25H23BrN2O3. The number of hydrogen-bond donors (Lipinski definition) is 2. The number of para-hydroxylation sites is 1. The van der Waals surface area contributed by atoms with Crippen LogP contribution in [-0.2, 0) is 19.6 Å². The number of aromatic nitrogens is 1. The van der Waals surface area contributed by atoms with E-state index in [0.29, 0.717) is 25.3 Å². The van der Waals surface area contributed by atoms with Gasteiger partial charge in [-0.25, -0.2) is 4.79 Å². The van der Waals surface area contributed by atoms with Crippen molar-refractivity contribution in [3.8, 4) is 5.75 Å². The standard InChI is InChI=1S/C25H23BrN2O3/c1-31-19-12-10-17(11-13-19)16-28-23-9-5-3-7-20(23)21(24(28)25(29)30)15-27-14-18-6-2-4-8-22(18)26/h2-13,27H,14-16H2,1H3,(H,29,30). The predicted octanol–water partition coefficient (Wildman–Crippen LogP) is 5.45. The van der Waals surface area contributed by atoms with Gasteiger partial charge in [-0.1, -0.05) is 64.5 Å². The van der Waals surface area contributed by atoms with E-state index in [9.17, 15) is 9.90 Å². The van der Waals surface area contributed by atoms with Gasteiger partial charge in [0.15, 0.2) is 0 Å². The van der Waals surface area contributed by atoms with E-state index in [1.54, 1.807) is 7.11 Å². The molecule has 3 aromatic carbocycles. The molecule has 4 aromatic rings. The van der Waals surface area contributed by atoms with E-state index in [1.165, 1.54) is 0 Å². The van der Waals surface area contributed by atoms with Crippen LogP contribution in [0.2, 0.25) is 0 Å². The van der Waals surface area contributed by atoms with Gasteiger partial charge in [0.2, 0.25) is 0 Å². The Morgan fingerprint density at radius 2 is 1.71 bits per heavy atom. The number of fused-ring (bicyclic) bond motifs is 1. The maximum absolute atomic E-state index is 12.3. The molecule has 0 radical (unpaired) electrons. The summed E-state index contributed by atoms with van der Waals surface area (Å²) in [6.45, 7) is 1.56. The third-order valence-electron chi connectivity index (χ3n) is 5.35. The molecular weight excluding hydrogens is 456 g/mol. The number of carboxylic acid groups (broad SMARTS) is 1. The van der Waals surface area contributed by atoms with E-state index >= 15 is 0 Å². The van der Waals surface area contributed by atoms with Crippen LogP contribution in [0, 0.1) is 0 Å². The highest BCUT2D eigenvalue weighted by atomic mass is 79.9. The van der Waals surface area contributed by atoms with Crippen molar-refractivity contribution in [2.75, 3.05) is 7.11 Å². The molecule has 0 saturated heterocycles. The van der Waals surface area contributed by atoms with E-state index < -0.39 is 5.97 Å². The third kappa shape index (κ3) is 4.50. The molecule has 0 bridgehead atoms. The number of ether oxygens (including phenoxy) is 1. The average molecular weight is 479 g/mol. The fourth-order valence-corrected chi connectivity index (χ4v) is 4.27. The molecule has 0 unspecified atom stereocenters. The molecule has 31 heavy (non-hydrogen) atoms. The van der Waals surface area contributed by atoms with Crippen LogP contribution in [0.15, 0.2) is 77.3 Å². The molecule has 1 heterocycles. The Morgan fingerprint density at radius 1 is 1.00 bits per heavy atom. The quantitative estimate of drug-likeness (QED) is 0.353. The monoisotopic (exact) mass is 478 g/mol. The van der Waals surface area contributed by atoms with Crippen LogP contribution in [0.1, 0.15) is 27.2 Å². The van der Waals surface area contributed by atoms with Crippen LogP contribution >= 0.6 is 15.9 Å². The fraction of sp³-hybridized carbons (Fsp3) is 0.160. The summed E-state index contributed by atoms with van der Waals surface area (Å²) in [4.78, 5) is 12.3. The zero-order valence-electron chi connectivity index (χ0n) is 17.1. The molecule has 0 atom stereocenters. The van der Waals surface area contributed by atoms with Crippen molar-refractivity contribution >= 4 is 32.8 Å². The van der Waals surface area contributed by atoms with E-state index in [2.05, 4.69) is 21.2 Å². The highest BCUT2D eigenvalue weighted by molar-refractivity contribution is 9.10. The number of methoxy groups -OCH3 is 1. The summed E-state index contributed by atoms with van der Waals surface area (Å²) in [6.07, 6.45) is 0. The molecule has 0 spiro atoms. The second kappa shape index (κ2) is 9.37. The van der Waals surface area contributed by atoms with Gasteiger partial charge in [-0.05, 0) is 35.4 Å². The number of rotatable bonds is 8. The van der Waals surface area contributed by atoms with Gasteiger partial charge < -0.3 is 19.7 Å². The number of carbonyl (C=O) groups is 1. The first-order valence-corrected chi connectivity index (χ1v) is 10.8. The van der Waals surface area contributed by atoms with Crippen molar-refractivity contribution in [1.29, 1.82) is 0 Å². The molecule has 0 fully saturated rings. The normalized spacial score (nSPS) is 11.0. The highest BCUT2D eigenvalue weighted by Crippen LogP contribution is 2.28. The second-order valence-electron chi connectivity index (χ2n) is 7.28. The van der Waals surface area contributed by atoms with Gasteiger partial charge in [-0.3, -0.25) is 0 Å². The number of aromatic carboxylic acids is 1. The zero-order valence-corrected chi connectivity index (χ0v) is 18.7. The third-order valence-corrected chi connectivity index (χ3v) is 6.13. The maximum Gasteiger partial charge on any atom is 0.352 e. The summed E-state index contributed by atoms with van der Waals surface area (Å²) in [6, 6.07) is 23.6. The predicted molar refractivity (Wildman–Crippen MR) is 126 cm³/mol. The molecule has 0 aliphatic heterocycles. The molecule has 6 heteroatoms. The topological polar surface area (TPSA) is 63.5 Å². The average Bonchev–Trinajstić information content (AvgIpc) is 3.09. The molecule has 0 aliphatic carbocycles. The SMILES string of the molecule is COc1ccc(Cn2c(C(=O)O)c(CNCc3ccccc3Br)c3ccccc32)cc1. The smallest absolute Gasteiger partial charge is 0.352 e. The maximum atomic E-state index is 12.3. The van der Waals surface area contributed by atoms with Crippen LogP contribution < -0.4 is 10.1 Å². The summed E-state index contributed by atoms with van der Waals surface area (Å²) in [7, 11) is 1.63. The Balaban J connectivity index is 1.68. The van der Waals surface area contributed by atoms with Gasteiger partial charge in [-0.2, -0.15) is 0 Å². The van der Waals surface area contributed by atoms with Crippen LogP contribution in [0.4, 0.5) is 0 Å². The van der Waals surface area contributed by atoms with Gasteiger partial charge >= 0.3 is 5.97 Å². The second-order valence-corrected chi connectivity index (χ2v) is 8.13. The molecule has 4 rings (SSSR count). The Bertz CT molecular complexity index is 1220. The first-order valence-electron chi connectivity index (χ1n) is 9.99. The molecule has 158 valence electrons. The number of nitrogens with zero attached hydrogens (tertiary/aromatic N) is 1. The lowest BCUT2D eigenvalue weighted by molar-refractivity contribution is 0.0684. The lowest BCUT2D eigenvalue weighted by Crippen LogP contribution is -2.17. The van der Waals surface area contributed by atoms with Crippen molar-refractivity contribution < 1.29 is 14.6 Å². The van der Waals surface area contributed by atoms with E-state index in [-0.39, 0.29) is 0 Å². The summed E-state index contributed by atoms with van der Waals surface area (Å²) in [5, 5.41) is 14.5. The Labute approximate surface area is 189 Å². The Hall–Kier alpha value is -3.09. The minimum atomic E-state index is -0.928. The van der Waals surface area contributed by atoms with E-state index in [0.717, 1.165) is 37.8 Å². The molecule has 1 aromatic heterocycles. The Kier molecular flexibility index (Phi) is 6.39. The number of hydrogen-bond acceptors (Lipinski definition) is 3. The Morgan fingerprint density at radius 3 is 2.42 bits per heavy atom. The van der Waals surface area contributed by atoms with Crippen molar-refractivity contribution in [2.24, 2.45) is 0 Å². The number of halogens is 1. The van der Waals surface area contributed by atoms with Gasteiger partial charge in [0.1, 0.15) is 11.4 Å². The minimum absolute atomic E-state index is 0.316. The lowest BCUT2D eigenvalue weighted by Gasteiger charge is -2.11. The van der Waals surface area contributed by atoms with Gasteiger partial charge in [0.05, 0.1) is 7.11 Å². The molecule has 2 N–H and O–H groups in total. The van der Waals surface area contributed by atoms with Gasteiger partial charge in [0, 0.05) is 40.6 Å². The molecule has 0 aliphatic rings. The summed E-state index contributed by atoms with van der Waals surface area (Å²) >= 11 is 3.56. The van der Waals surface area contributed by atoms with Gasteiger partial charge in [0.25, 0.3) is 0 Å². The van der Waals surface area contributed by atoms with E-state index in [1.807, 2.05) is 77.4 Å². The van der Waals surface area contributed by atoms with Crippen molar-refractivity contribution in [2.45, 2.75) is 19.6 Å². The fourth-order valence-electron chi connectivity index (χ4n) is 3.84. The molecule has 0 amide bonds. The largest absolute Gasteiger partial charge is 0.497 e. The first kappa shape index (κ1) is 21.2. The van der Waals surface area contributed by atoms with Gasteiger partial charge in [-0.15, -0.1) is 0 Å². The van der Waals surface area contributed by atoms with Crippen molar-refractivity contribution in [3.63, 3.8) is 0 Å². The van der Waals surface area contributed by atoms with Crippen LogP contribution in [-0.4, -0.2) is 22.8 Å². The van der Waals surface area contributed by atoms with Crippen molar-refractivity contribution in [3.05, 3.63) is 99.7 Å². The molecule has 0 saturated carbocycles. The molecule has 5 nitrogen and oxygen atoms in total. The number of carboxylic acids is 1. The van der Waals surface area contributed by atoms with Crippen LogP contribution in [0.3, 0.4) is 0 Å². The zero-order chi connectivity index (χ0) is 21.8. The highest BCUT2D eigenvalue weighted by Gasteiger charge is 2.22. The lowest BCUT2D eigenvalue weighted by atomic mass is 10.1. The summed E-state index contributed by atoms with van der Waals surface area (Å²) in [5.74, 6) is -0.154. The number of nitrogens with one attached hydrogen (secondary N) is 1. The van der Waals surface area contributed by atoms with Crippen LogP contribution in [0.5, 0.6) is 5.75 Å². The summed E-state index contributed by atoms with van der Waals surface area (Å²) < 4.78 is 8.15. The minimum Gasteiger partial charge on any atom is -0.497 e. The van der Waals surface area contributed by atoms with Crippen molar-refractivity contribution in [1.82, 2.24) is 9.88 Å². The number of benzene rings is 3.